The molecule has 0 aromatic heterocycles. The normalized spacial score (nSPS) is 16.9. The Balaban J connectivity index is 0. The van der Waals surface area contributed by atoms with Gasteiger partial charge < -0.3 is 45.8 Å². The Morgan fingerprint density at radius 2 is 1.62 bits per heavy atom. The van der Waals surface area contributed by atoms with Crippen molar-refractivity contribution in [2.45, 2.75) is 24.4 Å². The lowest BCUT2D eigenvalue weighted by Crippen LogP contribution is -2.46. The summed E-state index contributed by atoms with van der Waals surface area (Å²) in [6.07, 6.45) is -7.80. The van der Waals surface area contributed by atoms with Crippen molar-refractivity contribution in [3.8, 4) is 0 Å². The molecule has 0 saturated carbocycles. The maximum atomic E-state index is 10.2. The predicted molar refractivity (Wildman–Crippen MR) is 64.8 cm³/mol. The maximum Gasteiger partial charge on any atom is 0.469 e. The number of hydrogen-bond donors (Lipinski definition) is 8. The average molecular weight is 335 g/mol. The summed E-state index contributed by atoms with van der Waals surface area (Å²) >= 11 is 0. The van der Waals surface area contributed by atoms with E-state index in [-0.39, 0.29) is 12.8 Å². The van der Waals surface area contributed by atoms with Crippen molar-refractivity contribution in [1.82, 2.24) is 0 Å². The van der Waals surface area contributed by atoms with Gasteiger partial charge in [-0.05, 0) is 0 Å². The fourth-order valence-corrected chi connectivity index (χ4v) is 1.13. The van der Waals surface area contributed by atoms with Crippen LogP contribution in [0.15, 0.2) is 0 Å². The highest BCUT2D eigenvalue weighted by molar-refractivity contribution is 7.46. The van der Waals surface area contributed by atoms with Gasteiger partial charge in [-0.15, -0.1) is 0 Å². The molecule has 9 N–H and O–H groups in total. The van der Waals surface area contributed by atoms with Crippen LogP contribution in [-0.4, -0.2) is 85.1 Å². The Hall–Kier alpha value is -0.950. The van der Waals surface area contributed by atoms with Gasteiger partial charge in [0.2, 0.25) is 0 Å². The van der Waals surface area contributed by atoms with Gasteiger partial charge in [-0.25, -0.2) is 4.57 Å². The molecule has 0 heterocycles. The smallest absolute Gasteiger partial charge is 0.469 e. The molecule has 0 aliphatic rings. The zero-order chi connectivity index (χ0) is 17.2. The maximum absolute atomic E-state index is 10.2. The molecule has 0 spiro atoms. The number of phosphoric acid groups is 1. The number of carbonyl (C=O) groups is 2. The van der Waals surface area contributed by atoms with E-state index in [0.717, 1.165) is 0 Å². The zero-order valence-electron chi connectivity index (χ0n) is 10.6. The minimum Gasteiger partial charge on any atom is -0.480 e. The molecule has 0 unspecified atom stereocenters. The molecule has 0 aromatic rings. The van der Waals surface area contributed by atoms with Crippen molar-refractivity contribution >= 4 is 20.1 Å². The van der Waals surface area contributed by atoms with Crippen LogP contribution in [0.5, 0.6) is 0 Å². The third kappa shape index (κ3) is 12.5. The molecule has 0 aliphatic heterocycles. The zero-order valence-corrected chi connectivity index (χ0v) is 11.5. The molecule has 0 saturated heterocycles. The van der Waals surface area contributed by atoms with Gasteiger partial charge in [0.1, 0.15) is 24.4 Å². The van der Waals surface area contributed by atoms with Crippen LogP contribution in [-0.2, 0) is 18.7 Å². The van der Waals surface area contributed by atoms with Gasteiger partial charge in [-0.1, -0.05) is 0 Å². The lowest BCUT2D eigenvalue weighted by Gasteiger charge is -2.23. The first-order chi connectivity index (χ1) is 9.46. The second-order valence-corrected chi connectivity index (χ2v) is 4.80. The summed E-state index contributed by atoms with van der Waals surface area (Å²) in [6.45, 7) is -1.24. The van der Waals surface area contributed by atoms with Gasteiger partial charge in [-0.2, -0.15) is 0 Å². The number of rotatable bonds is 8. The number of hydrogen-bond acceptors (Lipinski definition) is 9. The number of aliphatic hydroxyl groups excluding tert-OH is 4. The molecule has 0 rings (SSSR count). The van der Waals surface area contributed by atoms with E-state index in [4.69, 9.17) is 35.3 Å². The van der Waals surface area contributed by atoms with E-state index in [2.05, 4.69) is 10.3 Å². The highest BCUT2D eigenvalue weighted by Crippen LogP contribution is 2.35. The van der Waals surface area contributed by atoms with E-state index in [1.807, 2.05) is 0 Å². The van der Waals surface area contributed by atoms with Gasteiger partial charge in [0, 0.05) is 0 Å². The van der Waals surface area contributed by atoms with Crippen LogP contribution in [0, 0.1) is 0 Å². The van der Waals surface area contributed by atoms with Gasteiger partial charge in [0.25, 0.3) is 0 Å². The quantitative estimate of drug-likeness (QED) is 0.156. The monoisotopic (exact) mass is 335 g/mol. The van der Waals surface area contributed by atoms with Crippen LogP contribution < -0.4 is 5.73 Å². The van der Waals surface area contributed by atoms with E-state index in [1.54, 1.807) is 0 Å². The summed E-state index contributed by atoms with van der Waals surface area (Å²) < 4.78 is 14.1. The van der Waals surface area contributed by atoms with Crippen LogP contribution in [0.4, 0.5) is 0 Å². The minimum absolute atomic E-state index is 0.0650. The fourth-order valence-electron chi connectivity index (χ4n) is 0.782. The van der Waals surface area contributed by atoms with Crippen LogP contribution in [0.2, 0.25) is 0 Å². The van der Waals surface area contributed by atoms with Crippen LogP contribution in [0.1, 0.15) is 0 Å². The molecule has 12 nitrogen and oxygen atoms in total. The molecular weight excluding hydrogens is 317 g/mol. The Morgan fingerprint density at radius 3 is 1.90 bits per heavy atom. The summed E-state index contributed by atoms with van der Waals surface area (Å²) in [4.78, 5) is 35.8. The second kappa shape index (κ2) is 10.7. The Kier molecular flexibility index (Phi) is 11.4. The number of aliphatic hydroxyl groups is 4. The van der Waals surface area contributed by atoms with E-state index in [1.165, 1.54) is 0 Å². The van der Waals surface area contributed by atoms with E-state index in [9.17, 15) is 14.2 Å². The topological polar surface area (TPSA) is 228 Å². The van der Waals surface area contributed by atoms with Crippen molar-refractivity contribution in [3.05, 3.63) is 0 Å². The number of carboxylic acids is 1. The first-order valence-electron chi connectivity index (χ1n) is 5.25. The molecule has 21 heavy (non-hydrogen) atoms. The number of aldehydes is 1. The third-order valence-electron chi connectivity index (χ3n) is 1.82. The summed E-state index contributed by atoms with van der Waals surface area (Å²) in [7, 11) is -4.80. The summed E-state index contributed by atoms with van der Waals surface area (Å²) in [6, 6.07) is 0. The largest absolute Gasteiger partial charge is 0.480 e. The van der Waals surface area contributed by atoms with Crippen molar-refractivity contribution < 1.29 is 54.0 Å². The van der Waals surface area contributed by atoms with Crippen molar-refractivity contribution in [2.24, 2.45) is 5.73 Å². The van der Waals surface area contributed by atoms with Gasteiger partial charge in [0.05, 0.1) is 13.2 Å². The van der Waals surface area contributed by atoms with Gasteiger partial charge >= 0.3 is 13.8 Å². The van der Waals surface area contributed by atoms with E-state index in [0.29, 0.717) is 0 Å². The lowest BCUT2D eigenvalue weighted by atomic mass is 10.0. The molecule has 0 aliphatic carbocycles. The Bertz CT molecular complexity index is 358. The highest BCUT2D eigenvalue weighted by Gasteiger charge is 2.31. The first kappa shape index (κ1) is 22.3. The van der Waals surface area contributed by atoms with Crippen molar-refractivity contribution in [3.63, 3.8) is 0 Å². The van der Waals surface area contributed by atoms with Crippen LogP contribution in [0.25, 0.3) is 0 Å². The minimum atomic E-state index is -4.80. The van der Waals surface area contributed by atoms with E-state index >= 15 is 0 Å². The molecule has 0 bridgehead atoms. The highest BCUT2D eigenvalue weighted by atomic mass is 31.2. The van der Waals surface area contributed by atoms with E-state index < -0.39 is 44.8 Å². The molecule has 0 fully saturated rings. The molecule has 13 heteroatoms. The first-order valence-corrected chi connectivity index (χ1v) is 6.78. The number of aliphatic carboxylic acids is 1. The third-order valence-corrected chi connectivity index (χ3v) is 2.31. The van der Waals surface area contributed by atoms with Crippen molar-refractivity contribution in [2.75, 3.05) is 13.2 Å². The standard InChI is InChI=1S/C6H13O9P.C2H5NO2/c7-1-3(8)5(10)6(11)4(9)2-15-16(12,13)14;3-1-2(4)5/h1,3-6,8-11H,2H2,(H2,12,13,14);1,3H2,(H,4,5)/t3-,4-,5-,6-;/m1./s1. The van der Waals surface area contributed by atoms with Crippen LogP contribution >= 0.6 is 7.82 Å². The molecule has 0 aromatic carbocycles. The summed E-state index contributed by atoms with van der Waals surface area (Å²) in [5, 5.41) is 43.7. The summed E-state index contributed by atoms with van der Waals surface area (Å²) in [5.41, 5.74) is 4.57. The number of phosphoric ester groups is 1. The molecular formula is C8H18NO11P. The SMILES string of the molecule is NCC(=O)O.O=C[C@@H](O)[C@@H](O)[C@H](O)[C@H](O)COP(=O)(O)O. The predicted octanol–water partition coefficient (Wildman–Crippen LogP) is -4.23. The lowest BCUT2D eigenvalue weighted by molar-refractivity contribution is -0.136. The average Bonchev–Trinajstić information content (AvgIpc) is 2.41. The molecule has 126 valence electrons. The Morgan fingerprint density at radius 1 is 1.19 bits per heavy atom. The molecule has 4 atom stereocenters. The van der Waals surface area contributed by atoms with Crippen molar-refractivity contribution in [1.29, 1.82) is 0 Å². The number of carbonyl (C=O) groups excluding carboxylic acids is 1. The second-order valence-electron chi connectivity index (χ2n) is 3.56. The van der Waals surface area contributed by atoms with Crippen LogP contribution in [0.3, 0.4) is 0 Å². The van der Waals surface area contributed by atoms with Gasteiger partial charge in [-0.3, -0.25) is 9.32 Å². The molecule has 0 amide bonds. The molecule has 0 radical (unpaired) electrons. The number of carboxylic acid groups (broad SMARTS) is 1. The number of nitrogens with two attached hydrogens (primary N) is 1. The Labute approximate surface area is 118 Å². The summed E-state index contributed by atoms with van der Waals surface area (Å²) in [5.74, 6) is -0.968. The van der Waals surface area contributed by atoms with Gasteiger partial charge in [0.15, 0.2) is 6.29 Å². The fraction of sp³-hybridized carbons (Fsp3) is 0.750.